The van der Waals surface area contributed by atoms with Crippen LogP contribution in [0.3, 0.4) is 0 Å². The van der Waals surface area contributed by atoms with E-state index < -0.39 is 47.7 Å². The lowest BCUT2D eigenvalue weighted by Gasteiger charge is -2.30. The number of anilines is 1. The van der Waals surface area contributed by atoms with E-state index in [1.54, 1.807) is 41.3 Å². The molecule has 0 aliphatic carbocycles. The third-order valence-electron chi connectivity index (χ3n) is 11.9. The molecule has 2 heterocycles. The minimum Gasteiger partial charge on any atom is -0.447 e. The van der Waals surface area contributed by atoms with Crippen molar-refractivity contribution < 1.29 is 90.6 Å². The molecule has 0 saturated carbocycles. The highest BCUT2D eigenvalue weighted by molar-refractivity contribution is 6.13. The maximum Gasteiger partial charge on any atom is 0.303 e. The van der Waals surface area contributed by atoms with E-state index in [0.29, 0.717) is 143 Å². The number of nitro benzene ring substituents is 1. The fourth-order valence-corrected chi connectivity index (χ4v) is 7.21. The predicted molar refractivity (Wildman–Crippen MR) is 294 cm³/mol. The molecule has 4 rings (SSSR count). The van der Waals surface area contributed by atoms with E-state index in [9.17, 15) is 48.5 Å². The molecule has 3 unspecified atom stereocenters. The van der Waals surface area contributed by atoms with Crippen molar-refractivity contribution in [3.05, 3.63) is 81.9 Å². The topological polar surface area (TPSA) is 327 Å². The standard InChI is InChI=1S/C45H68N6O18.C10H13NO2/c1-34(44(58)47-33-40(55)49-37-5-3-36(4-6-37)43(69-35(2)52)45(59)50-13-17-62-18-14-50)48-39(54)10-15-60-19-21-63-23-25-65-27-29-67-31-32-68-30-28-66-26-24-64-22-20-61-16-11-46-38(53)9-12-51-41(56)7-8-42(51)57;1-3-8(2)9-4-6-10(7-5-9)11(12)13/h3-8,34,43H,9-33H2,1-2H3,(H,46,53)(H,47,58)(H,48,54)(H,49,55);4-8H,3H2,1-2H3. The number of hydrogen-bond donors (Lipinski definition) is 4. The number of nitrogens with one attached hydrogen (secondary N) is 4. The van der Waals surface area contributed by atoms with Gasteiger partial charge in [-0.2, -0.15) is 0 Å². The summed E-state index contributed by atoms with van der Waals surface area (Å²) in [5.74, 6) is -3.07. The Kier molecular flexibility index (Phi) is 35.6. The summed E-state index contributed by atoms with van der Waals surface area (Å²) in [5.41, 5.74) is 2.15. The summed E-state index contributed by atoms with van der Waals surface area (Å²) >= 11 is 0. The molecule has 2 aliphatic heterocycles. The molecule has 27 heteroatoms. The summed E-state index contributed by atoms with van der Waals surface area (Å²) in [6.07, 6.45) is 2.33. The number of esters is 1. The first kappa shape index (κ1) is 69.4. The first-order chi connectivity index (χ1) is 39.6. The largest absolute Gasteiger partial charge is 0.447 e. The quantitative estimate of drug-likeness (QED) is 0.0242. The van der Waals surface area contributed by atoms with Crippen LogP contribution in [0.2, 0.25) is 0 Å². The molecule has 1 fully saturated rings. The van der Waals surface area contributed by atoms with Gasteiger partial charge < -0.3 is 73.5 Å². The SMILES string of the molecule is CC(=O)OC(C(=O)N1CCOCC1)c1ccc(NC(=O)CNC(=O)C(C)NC(=O)CCOCCOCCOCCOCCOCCOCCOCCOCCNC(=O)CCN2C(=O)C=CC2=O)cc1.CCC(C)c1ccc([N+](=O)[O-])cc1. The smallest absolute Gasteiger partial charge is 0.303 e. The maximum absolute atomic E-state index is 13.0. The van der Waals surface area contributed by atoms with Crippen LogP contribution in [0.25, 0.3) is 0 Å². The second kappa shape index (κ2) is 42.1. The third kappa shape index (κ3) is 30.3. The van der Waals surface area contributed by atoms with E-state index in [4.69, 9.17) is 47.4 Å². The Morgan fingerprint density at radius 1 is 0.622 bits per heavy atom. The molecule has 82 heavy (non-hydrogen) atoms. The molecule has 2 aromatic carbocycles. The van der Waals surface area contributed by atoms with Crippen molar-refractivity contribution in [1.82, 2.24) is 25.8 Å². The Morgan fingerprint density at radius 2 is 1.10 bits per heavy atom. The zero-order valence-corrected chi connectivity index (χ0v) is 47.4. The molecule has 3 atom stereocenters. The van der Waals surface area contributed by atoms with Crippen LogP contribution in [0.15, 0.2) is 60.7 Å². The number of ether oxygens (including phenoxy) is 10. The number of non-ortho nitro benzene ring substituents is 1. The molecule has 2 aliphatic rings. The Morgan fingerprint density at radius 3 is 1.57 bits per heavy atom. The van der Waals surface area contributed by atoms with E-state index in [2.05, 4.69) is 35.1 Å². The van der Waals surface area contributed by atoms with Crippen LogP contribution in [-0.2, 0) is 85.7 Å². The van der Waals surface area contributed by atoms with E-state index >= 15 is 0 Å². The number of rotatable bonds is 41. The van der Waals surface area contributed by atoms with Crippen LogP contribution in [0.5, 0.6) is 0 Å². The van der Waals surface area contributed by atoms with Crippen molar-refractivity contribution in [3.8, 4) is 0 Å². The molecule has 0 spiro atoms. The normalized spacial score (nSPS) is 14.0. The number of morpholine rings is 1. The molecular formula is C55H81N7O20. The van der Waals surface area contributed by atoms with Gasteiger partial charge in [-0.3, -0.25) is 53.4 Å². The average molecular weight is 1160 g/mol. The van der Waals surface area contributed by atoms with Gasteiger partial charge >= 0.3 is 5.97 Å². The van der Waals surface area contributed by atoms with Crippen molar-refractivity contribution in [2.75, 3.05) is 157 Å². The fourth-order valence-electron chi connectivity index (χ4n) is 7.21. The molecule has 4 N–H and O–H groups in total. The van der Waals surface area contributed by atoms with Gasteiger partial charge in [0.05, 0.1) is 130 Å². The predicted octanol–water partition coefficient (Wildman–Crippen LogP) is 1.77. The van der Waals surface area contributed by atoms with Crippen molar-refractivity contribution in [3.63, 3.8) is 0 Å². The first-order valence-corrected chi connectivity index (χ1v) is 27.3. The van der Waals surface area contributed by atoms with Gasteiger partial charge in [-0.1, -0.05) is 38.1 Å². The average Bonchev–Trinajstić information content (AvgIpc) is 3.86. The third-order valence-corrected chi connectivity index (χ3v) is 11.9. The highest BCUT2D eigenvalue weighted by atomic mass is 16.6. The Bertz CT molecular complexity index is 2270. The summed E-state index contributed by atoms with van der Waals surface area (Å²) in [7, 11) is 0. The van der Waals surface area contributed by atoms with Crippen LogP contribution < -0.4 is 21.3 Å². The monoisotopic (exact) mass is 1160 g/mol. The minimum atomic E-state index is -1.14. The maximum atomic E-state index is 13.0. The Balaban J connectivity index is 0.00000119. The van der Waals surface area contributed by atoms with E-state index in [1.165, 1.54) is 26.0 Å². The number of carbonyl (C=O) groups is 8. The highest BCUT2D eigenvalue weighted by Crippen LogP contribution is 2.24. The molecular weight excluding hydrogens is 1080 g/mol. The van der Waals surface area contributed by atoms with Crippen molar-refractivity contribution in [2.45, 2.75) is 65.0 Å². The van der Waals surface area contributed by atoms with Gasteiger partial charge in [0.1, 0.15) is 6.04 Å². The lowest BCUT2D eigenvalue weighted by molar-refractivity contribution is -0.384. The van der Waals surface area contributed by atoms with Gasteiger partial charge in [0.25, 0.3) is 23.4 Å². The molecule has 0 aromatic heterocycles. The molecule has 2 aromatic rings. The zero-order valence-electron chi connectivity index (χ0n) is 47.4. The first-order valence-electron chi connectivity index (χ1n) is 27.3. The number of nitro groups is 1. The van der Waals surface area contributed by atoms with Gasteiger partial charge in [0, 0.05) is 81.5 Å². The summed E-state index contributed by atoms with van der Waals surface area (Å²) in [6, 6.07) is 12.1. The number of hydrogen-bond acceptors (Lipinski definition) is 20. The van der Waals surface area contributed by atoms with Crippen molar-refractivity contribution in [2.24, 2.45) is 0 Å². The summed E-state index contributed by atoms with van der Waals surface area (Å²) in [6.45, 7) is 14.2. The van der Waals surface area contributed by atoms with Gasteiger partial charge in [0.15, 0.2) is 0 Å². The second-order valence-corrected chi connectivity index (χ2v) is 18.2. The van der Waals surface area contributed by atoms with Crippen molar-refractivity contribution in [1.29, 1.82) is 0 Å². The van der Waals surface area contributed by atoms with Gasteiger partial charge in [-0.15, -0.1) is 0 Å². The lowest BCUT2D eigenvalue weighted by Crippen LogP contribution is -2.46. The van der Waals surface area contributed by atoms with Crippen LogP contribution in [-0.4, -0.2) is 220 Å². The van der Waals surface area contributed by atoms with Gasteiger partial charge in [-0.25, -0.2) is 0 Å². The molecule has 27 nitrogen and oxygen atoms in total. The minimum absolute atomic E-state index is 0.0200. The molecule has 7 amide bonds. The van der Waals surface area contributed by atoms with Crippen LogP contribution in [0, 0.1) is 10.1 Å². The number of carbonyl (C=O) groups excluding carboxylic acids is 8. The molecule has 0 bridgehead atoms. The number of amides is 7. The number of nitrogens with zero attached hydrogens (tertiary/aromatic N) is 3. The Hall–Kier alpha value is -6.82. The second-order valence-electron chi connectivity index (χ2n) is 18.2. The summed E-state index contributed by atoms with van der Waals surface area (Å²) in [5, 5.41) is 20.7. The summed E-state index contributed by atoms with van der Waals surface area (Å²) < 4.78 is 54.2. The Labute approximate surface area is 477 Å². The lowest BCUT2D eigenvalue weighted by atomic mass is 9.99. The van der Waals surface area contributed by atoms with Crippen LogP contribution in [0.4, 0.5) is 11.4 Å². The van der Waals surface area contributed by atoms with E-state index in [-0.39, 0.29) is 61.6 Å². The van der Waals surface area contributed by atoms with Crippen molar-refractivity contribution >= 4 is 58.7 Å². The highest BCUT2D eigenvalue weighted by Gasteiger charge is 2.30. The van der Waals surface area contributed by atoms with E-state index in [1.807, 2.05) is 12.1 Å². The number of benzene rings is 2. The van der Waals surface area contributed by atoms with Gasteiger partial charge in [-0.05, 0) is 37.0 Å². The molecule has 1 saturated heterocycles. The summed E-state index contributed by atoms with van der Waals surface area (Å²) in [4.78, 5) is 109. The van der Waals surface area contributed by atoms with Gasteiger partial charge in [0.2, 0.25) is 29.7 Å². The molecule has 456 valence electrons. The zero-order chi connectivity index (χ0) is 59.7. The molecule has 0 radical (unpaired) electrons. The van der Waals surface area contributed by atoms with E-state index in [0.717, 1.165) is 16.9 Å². The fraction of sp³-hybridized carbons (Fsp3) is 0.600. The van der Waals surface area contributed by atoms with Crippen LogP contribution >= 0.6 is 0 Å². The number of imide groups is 1. The van der Waals surface area contributed by atoms with Crippen LogP contribution in [0.1, 0.15) is 70.1 Å².